The zero-order valence-corrected chi connectivity index (χ0v) is 10.6. The molecule has 2 aliphatic rings. The van der Waals surface area contributed by atoms with E-state index in [1.165, 1.54) is 24.3 Å². The molecule has 1 amide bonds. The van der Waals surface area contributed by atoms with Crippen molar-refractivity contribution in [2.45, 2.75) is 25.0 Å². The van der Waals surface area contributed by atoms with Crippen molar-refractivity contribution in [3.8, 4) is 0 Å². The zero-order chi connectivity index (χ0) is 14.3. The molecule has 2 aliphatic heterocycles. The van der Waals surface area contributed by atoms with Crippen LogP contribution < -0.4 is 5.32 Å². The summed E-state index contributed by atoms with van der Waals surface area (Å²) in [5, 5.41) is 11.9. The van der Waals surface area contributed by atoms with E-state index in [-0.39, 0.29) is 18.1 Å². The molecular weight excluding hydrogens is 265 g/mol. The number of anilines is 1. The van der Waals surface area contributed by atoms with Crippen molar-refractivity contribution in [3.63, 3.8) is 0 Å². The number of carboxylic acids is 1. The second kappa shape index (κ2) is 4.86. The van der Waals surface area contributed by atoms with Gasteiger partial charge in [-0.3, -0.25) is 9.59 Å². The second-order valence-electron chi connectivity index (χ2n) is 5.18. The van der Waals surface area contributed by atoms with Crippen molar-refractivity contribution in [1.82, 2.24) is 0 Å². The number of ether oxygens (including phenoxy) is 1. The molecule has 0 saturated carbocycles. The van der Waals surface area contributed by atoms with Gasteiger partial charge >= 0.3 is 5.97 Å². The van der Waals surface area contributed by atoms with Gasteiger partial charge in [-0.05, 0) is 37.1 Å². The number of carboxylic acid groups (broad SMARTS) is 1. The first kappa shape index (κ1) is 13.1. The maximum atomic E-state index is 12.8. The van der Waals surface area contributed by atoms with Gasteiger partial charge in [0.1, 0.15) is 5.82 Å². The molecule has 0 aliphatic carbocycles. The molecular formula is C14H14FNO4. The summed E-state index contributed by atoms with van der Waals surface area (Å²) in [7, 11) is 0. The summed E-state index contributed by atoms with van der Waals surface area (Å²) < 4.78 is 18.3. The molecule has 2 bridgehead atoms. The summed E-state index contributed by atoms with van der Waals surface area (Å²) in [4.78, 5) is 23.5. The molecule has 2 saturated heterocycles. The summed E-state index contributed by atoms with van der Waals surface area (Å²) in [5.74, 6) is -3.26. The average Bonchev–Trinajstić information content (AvgIpc) is 3.01. The molecule has 2 N–H and O–H groups in total. The third-order valence-electron chi connectivity index (χ3n) is 3.97. The molecule has 0 radical (unpaired) electrons. The number of carbonyl (C=O) groups excluding carboxylic acids is 1. The van der Waals surface area contributed by atoms with Gasteiger partial charge in [-0.1, -0.05) is 0 Å². The molecule has 5 nitrogen and oxygen atoms in total. The molecule has 6 heteroatoms. The van der Waals surface area contributed by atoms with E-state index in [1.54, 1.807) is 0 Å². The Kier molecular flexibility index (Phi) is 3.17. The summed E-state index contributed by atoms with van der Waals surface area (Å²) >= 11 is 0. The average molecular weight is 279 g/mol. The highest BCUT2D eigenvalue weighted by Crippen LogP contribution is 2.44. The molecule has 0 spiro atoms. The Labute approximate surface area is 114 Å². The van der Waals surface area contributed by atoms with Gasteiger partial charge in [0.2, 0.25) is 5.91 Å². The molecule has 1 aromatic rings. The van der Waals surface area contributed by atoms with Crippen LogP contribution in [0.4, 0.5) is 10.1 Å². The first-order chi connectivity index (χ1) is 9.56. The van der Waals surface area contributed by atoms with E-state index in [0.29, 0.717) is 18.5 Å². The van der Waals surface area contributed by atoms with E-state index in [2.05, 4.69) is 5.32 Å². The van der Waals surface area contributed by atoms with Gasteiger partial charge in [0.05, 0.1) is 24.0 Å². The van der Waals surface area contributed by atoms with Crippen molar-refractivity contribution in [3.05, 3.63) is 30.1 Å². The third-order valence-corrected chi connectivity index (χ3v) is 3.97. The van der Waals surface area contributed by atoms with E-state index in [9.17, 15) is 19.1 Å². The number of amides is 1. The number of halogens is 1. The van der Waals surface area contributed by atoms with Crippen molar-refractivity contribution in [2.24, 2.45) is 11.8 Å². The fourth-order valence-electron chi connectivity index (χ4n) is 3.08. The number of fused-ring (bicyclic) bond motifs is 2. The van der Waals surface area contributed by atoms with Crippen molar-refractivity contribution in [1.29, 1.82) is 0 Å². The smallest absolute Gasteiger partial charge is 0.310 e. The lowest BCUT2D eigenvalue weighted by atomic mass is 9.78. The zero-order valence-electron chi connectivity index (χ0n) is 10.6. The molecule has 2 fully saturated rings. The highest BCUT2D eigenvalue weighted by atomic mass is 19.1. The van der Waals surface area contributed by atoms with Gasteiger partial charge in [-0.25, -0.2) is 4.39 Å². The van der Waals surface area contributed by atoms with Crippen LogP contribution in [0.2, 0.25) is 0 Å². The quantitative estimate of drug-likeness (QED) is 0.882. The Hall–Kier alpha value is -1.95. The number of benzene rings is 1. The van der Waals surface area contributed by atoms with Gasteiger partial charge in [0, 0.05) is 5.69 Å². The Morgan fingerprint density at radius 3 is 2.35 bits per heavy atom. The maximum Gasteiger partial charge on any atom is 0.310 e. The fourth-order valence-corrected chi connectivity index (χ4v) is 3.08. The van der Waals surface area contributed by atoms with E-state index < -0.39 is 23.6 Å². The van der Waals surface area contributed by atoms with E-state index in [0.717, 1.165) is 0 Å². The van der Waals surface area contributed by atoms with Crippen LogP contribution in [-0.4, -0.2) is 29.2 Å². The molecule has 2 heterocycles. The molecule has 20 heavy (non-hydrogen) atoms. The largest absolute Gasteiger partial charge is 0.481 e. The van der Waals surface area contributed by atoms with Crippen LogP contribution in [0.5, 0.6) is 0 Å². The number of hydrogen-bond acceptors (Lipinski definition) is 3. The second-order valence-corrected chi connectivity index (χ2v) is 5.18. The highest BCUT2D eigenvalue weighted by Gasteiger charge is 2.55. The topological polar surface area (TPSA) is 75.6 Å². The van der Waals surface area contributed by atoms with Crippen LogP contribution in [0.3, 0.4) is 0 Å². The monoisotopic (exact) mass is 279 g/mol. The summed E-state index contributed by atoms with van der Waals surface area (Å²) in [5.41, 5.74) is 0.448. The SMILES string of the molecule is O=C(O)[C@@H]1[C@H](C(=O)Nc2ccc(F)cc2)[C@H]2CC[C@H]1O2. The van der Waals surface area contributed by atoms with Crippen LogP contribution in [0.15, 0.2) is 24.3 Å². The van der Waals surface area contributed by atoms with Gasteiger partial charge in [0.25, 0.3) is 0 Å². The van der Waals surface area contributed by atoms with Crippen LogP contribution in [0, 0.1) is 17.7 Å². The molecule has 1 aromatic carbocycles. The summed E-state index contributed by atoms with van der Waals surface area (Å²) in [6.45, 7) is 0. The Morgan fingerprint density at radius 1 is 1.15 bits per heavy atom. The van der Waals surface area contributed by atoms with Crippen LogP contribution in [0.25, 0.3) is 0 Å². The minimum Gasteiger partial charge on any atom is -0.481 e. The number of rotatable bonds is 3. The van der Waals surface area contributed by atoms with E-state index in [1.807, 2.05) is 0 Å². The van der Waals surface area contributed by atoms with Crippen LogP contribution >= 0.6 is 0 Å². The van der Waals surface area contributed by atoms with Crippen molar-refractivity contribution in [2.75, 3.05) is 5.32 Å². The molecule has 0 unspecified atom stereocenters. The number of carbonyl (C=O) groups is 2. The Morgan fingerprint density at radius 2 is 1.75 bits per heavy atom. The van der Waals surface area contributed by atoms with Gasteiger partial charge in [-0.2, -0.15) is 0 Å². The fraction of sp³-hybridized carbons (Fsp3) is 0.429. The van der Waals surface area contributed by atoms with E-state index in [4.69, 9.17) is 4.74 Å². The predicted octanol–water partition coefficient (Wildman–Crippen LogP) is 1.64. The highest BCUT2D eigenvalue weighted by molar-refractivity contribution is 5.96. The van der Waals surface area contributed by atoms with Gasteiger partial charge in [-0.15, -0.1) is 0 Å². The molecule has 3 rings (SSSR count). The normalized spacial score (nSPS) is 31.2. The number of nitrogens with one attached hydrogen (secondary N) is 1. The lowest BCUT2D eigenvalue weighted by molar-refractivity contribution is -0.147. The van der Waals surface area contributed by atoms with Crippen molar-refractivity contribution >= 4 is 17.6 Å². The van der Waals surface area contributed by atoms with Gasteiger partial charge < -0.3 is 15.2 Å². The summed E-state index contributed by atoms with van der Waals surface area (Å²) in [6.07, 6.45) is 0.681. The first-order valence-electron chi connectivity index (χ1n) is 6.51. The molecule has 106 valence electrons. The third kappa shape index (κ3) is 2.16. The van der Waals surface area contributed by atoms with Crippen molar-refractivity contribution < 1.29 is 23.8 Å². The van der Waals surface area contributed by atoms with Gasteiger partial charge in [0.15, 0.2) is 0 Å². The van der Waals surface area contributed by atoms with Crippen LogP contribution in [-0.2, 0) is 14.3 Å². The number of hydrogen-bond donors (Lipinski definition) is 2. The number of aliphatic carboxylic acids is 1. The Balaban J connectivity index is 1.76. The maximum absolute atomic E-state index is 12.8. The lowest BCUT2D eigenvalue weighted by Crippen LogP contribution is -2.40. The van der Waals surface area contributed by atoms with E-state index >= 15 is 0 Å². The minimum atomic E-state index is -1.00. The Bertz CT molecular complexity index is 545. The molecule has 0 aromatic heterocycles. The van der Waals surface area contributed by atoms with Crippen LogP contribution in [0.1, 0.15) is 12.8 Å². The summed E-state index contributed by atoms with van der Waals surface area (Å²) in [6, 6.07) is 5.36. The lowest BCUT2D eigenvalue weighted by Gasteiger charge is -2.23. The minimum absolute atomic E-state index is 0.332. The first-order valence-corrected chi connectivity index (χ1v) is 6.51. The standard InChI is InChI=1S/C14H14FNO4/c15-7-1-3-8(4-2-7)16-13(17)11-9-5-6-10(20-9)12(11)14(18)19/h1-4,9-12H,5-6H2,(H,16,17)(H,18,19)/t9-,10-,11-,12+/m1/s1. The predicted molar refractivity (Wildman–Crippen MR) is 67.5 cm³/mol. The molecule has 4 atom stereocenters.